The highest BCUT2D eigenvalue weighted by Crippen LogP contribution is 2.45. The molecule has 39 heavy (non-hydrogen) atoms. The van der Waals surface area contributed by atoms with Crippen molar-refractivity contribution in [3.63, 3.8) is 0 Å². The predicted octanol–water partition coefficient (Wildman–Crippen LogP) is 3.05. The maximum atomic E-state index is 14.1. The number of para-hydroxylation sites is 1. The minimum Gasteiger partial charge on any atom is -0.493 e. The molecular formula is C28H35ClN2O8. The predicted molar refractivity (Wildman–Crippen MR) is 145 cm³/mol. The quantitative estimate of drug-likeness (QED) is 0.330. The molecule has 2 aromatic rings. The summed E-state index contributed by atoms with van der Waals surface area (Å²) in [5.41, 5.74) is 4.86. The first kappa shape index (κ1) is 30.4. The number of nitrogens with two attached hydrogens (primary N) is 1. The van der Waals surface area contributed by atoms with Crippen LogP contribution >= 0.6 is 11.6 Å². The molecule has 0 saturated heterocycles. The van der Waals surface area contributed by atoms with Crippen LogP contribution in [-0.2, 0) is 23.9 Å². The normalized spacial score (nSPS) is 19.0. The Kier molecular flexibility index (Phi) is 9.27. The average molecular weight is 563 g/mol. The number of methoxy groups -OCH3 is 3. The first-order chi connectivity index (χ1) is 18.3. The first-order valence-corrected chi connectivity index (χ1v) is 12.7. The number of aliphatic hydroxyl groups excluding tert-OH is 1. The number of benzene rings is 2. The molecule has 1 aliphatic rings. The molecule has 0 radical (unpaired) electrons. The second kappa shape index (κ2) is 11.9. The smallest absolute Gasteiger partial charge is 0.333 e. The van der Waals surface area contributed by atoms with Crippen LogP contribution in [-0.4, -0.2) is 68.9 Å². The van der Waals surface area contributed by atoms with Crippen LogP contribution in [0.4, 0.5) is 5.69 Å². The summed E-state index contributed by atoms with van der Waals surface area (Å²) in [6.07, 6.45) is -2.80. The van der Waals surface area contributed by atoms with Crippen LogP contribution in [0.2, 0.25) is 5.02 Å². The van der Waals surface area contributed by atoms with Crippen LogP contribution < -0.4 is 20.1 Å². The van der Waals surface area contributed by atoms with Crippen molar-refractivity contribution in [2.75, 3.05) is 39.4 Å². The molecule has 3 atom stereocenters. The van der Waals surface area contributed by atoms with E-state index in [1.54, 1.807) is 50.2 Å². The fraction of sp³-hybridized carbons (Fsp3) is 0.464. The van der Waals surface area contributed by atoms with Gasteiger partial charge in [0.1, 0.15) is 12.2 Å². The van der Waals surface area contributed by atoms with E-state index in [1.165, 1.54) is 26.0 Å². The summed E-state index contributed by atoms with van der Waals surface area (Å²) >= 11 is 6.41. The fourth-order valence-electron chi connectivity index (χ4n) is 4.41. The van der Waals surface area contributed by atoms with E-state index in [2.05, 4.69) is 0 Å². The number of ketones is 1. The molecule has 11 heteroatoms. The van der Waals surface area contributed by atoms with Crippen molar-refractivity contribution in [2.45, 2.75) is 44.9 Å². The number of hydrogen-bond acceptors (Lipinski definition) is 9. The number of rotatable bonds is 10. The van der Waals surface area contributed by atoms with Gasteiger partial charge >= 0.3 is 5.97 Å². The molecule has 1 heterocycles. The van der Waals surface area contributed by atoms with E-state index in [4.69, 9.17) is 36.3 Å². The fourth-order valence-corrected chi connectivity index (χ4v) is 4.59. The molecule has 0 bridgehead atoms. The zero-order valence-corrected chi connectivity index (χ0v) is 23.7. The third kappa shape index (κ3) is 6.19. The molecule has 1 amide bonds. The summed E-state index contributed by atoms with van der Waals surface area (Å²) in [4.78, 5) is 41.0. The van der Waals surface area contributed by atoms with Gasteiger partial charge in [-0.3, -0.25) is 9.59 Å². The molecule has 0 aliphatic carbocycles. The molecule has 0 unspecified atom stereocenters. The number of halogens is 1. The summed E-state index contributed by atoms with van der Waals surface area (Å²) in [6, 6.07) is 10.2. The van der Waals surface area contributed by atoms with Crippen molar-refractivity contribution in [1.29, 1.82) is 0 Å². The molecular weight excluding hydrogens is 528 g/mol. The van der Waals surface area contributed by atoms with Crippen LogP contribution in [0.5, 0.6) is 11.5 Å². The van der Waals surface area contributed by atoms with Gasteiger partial charge in [-0.25, -0.2) is 4.79 Å². The Labute approximate surface area is 232 Å². The molecule has 0 spiro atoms. The van der Waals surface area contributed by atoms with Gasteiger partial charge in [-0.2, -0.15) is 0 Å². The number of nitrogens with zero attached hydrogens (tertiary/aromatic N) is 1. The molecule has 3 rings (SSSR count). The zero-order valence-electron chi connectivity index (χ0n) is 22.9. The molecule has 0 fully saturated rings. The van der Waals surface area contributed by atoms with E-state index in [0.29, 0.717) is 33.3 Å². The molecule has 2 aromatic carbocycles. The Hall–Kier alpha value is -3.18. The molecule has 1 aliphatic heterocycles. The van der Waals surface area contributed by atoms with E-state index in [1.807, 2.05) is 0 Å². The van der Waals surface area contributed by atoms with Crippen molar-refractivity contribution in [2.24, 2.45) is 11.1 Å². The second-order valence-corrected chi connectivity index (χ2v) is 10.8. The Bertz CT molecular complexity index is 1250. The van der Waals surface area contributed by atoms with Gasteiger partial charge < -0.3 is 34.7 Å². The van der Waals surface area contributed by atoms with Crippen LogP contribution in [0.3, 0.4) is 0 Å². The van der Waals surface area contributed by atoms with Crippen LogP contribution in [0.15, 0.2) is 36.4 Å². The van der Waals surface area contributed by atoms with Gasteiger partial charge in [-0.1, -0.05) is 37.6 Å². The highest BCUT2D eigenvalue weighted by Gasteiger charge is 2.45. The first-order valence-electron chi connectivity index (χ1n) is 12.3. The average Bonchev–Trinajstić information content (AvgIpc) is 3.01. The zero-order chi connectivity index (χ0) is 29.1. The minimum absolute atomic E-state index is 0.101. The number of aliphatic hydroxyl groups is 1. The maximum absolute atomic E-state index is 14.1. The summed E-state index contributed by atoms with van der Waals surface area (Å²) in [5, 5.41) is 10.4. The highest BCUT2D eigenvalue weighted by molar-refractivity contribution is 6.30. The lowest BCUT2D eigenvalue weighted by Crippen LogP contribution is -2.55. The van der Waals surface area contributed by atoms with Gasteiger partial charge in [0.05, 0.1) is 21.3 Å². The van der Waals surface area contributed by atoms with Gasteiger partial charge in [0.15, 0.2) is 22.8 Å². The van der Waals surface area contributed by atoms with Crippen molar-refractivity contribution in [3.8, 4) is 11.5 Å². The number of amides is 1. The Morgan fingerprint density at radius 3 is 2.38 bits per heavy atom. The lowest BCUT2D eigenvalue weighted by molar-refractivity contribution is -0.152. The van der Waals surface area contributed by atoms with Crippen molar-refractivity contribution in [3.05, 3.63) is 52.5 Å². The van der Waals surface area contributed by atoms with Crippen LogP contribution in [0.1, 0.15) is 44.4 Å². The number of carbonyl (C=O) groups excluding carboxylic acids is 3. The van der Waals surface area contributed by atoms with Gasteiger partial charge in [0.25, 0.3) is 5.91 Å². The summed E-state index contributed by atoms with van der Waals surface area (Å²) in [7, 11) is 4.10. The third-order valence-electron chi connectivity index (χ3n) is 6.69. The SMILES string of the molecule is COC(=O)[C@](C)(N)C(=O)C[C@H]1O[C@H](c2cccc(OC)c2OC)c2cc(Cl)ccc2N(CC(C)(C)CO)C1=O. The van der Waals surface area contributed by atoms with Gasteiger partial charge in [0, 0.05) is 46.8 Å². The topological polar surface area (TPSA) is 138 Å². The van der Waals surface area contributed by atoms with Crippen LogP contribution in [0, 0.1) is 5.41 Å². The summed E-state index contributed by atoms with van der Waals surface area (Å²) in [5.74, 6) is -1.42. The number of Topliss-reactive ketones (excluding diaryl/α,β-unsaturated/α-hetero) is 1. The minimum atomic E-state index is -2.00. The monoisotopic (exact) mass is 562 g/mol. The van der Waals surface area contributed by atoms with E-state index < -0.39 is 47.2 Å². The number of esters is 1. The summed E-state index contributed by atoms with van der Waals surface area (Å²) in [6.45, 7) is 4.73. The number of fused-ring (bicyclic) bond motifs is 1. The second-order valence-electron chi connectivity index (χ2n) is 10.4. The number of ether oxygens (including phenoxy) is 4. The maximum Gasteiger partial charge on any atom is 0.333 e. The Balaban J connectivity index is 2.24. The van der Waals surface area contributed by atoms with Crippen molar-refractivity contribution >= 4 is 34.9 Å². The molecule has 0 saturated carbocycles. The van der Waals surface area contributed by atoms with Gasteiger partial charge in [-0.15, -0.1) is 0 Å². The Morgan fingerprint density at radius 2 is 1.79 bits per heavy atom. The van der Waals surface area contributed by atoms with Crippen LogP contribution in [0.25, 0.3) is 0 Å². The standard InChI is InChI=1S/C28H35ClN2O8/c1-27(2,15-32)14-31-19-11-10-16(29)12-18(19)23(17-8-7-9-20(36-4)24(17)37-5)39-21(25(31)34)13-22(33)28(3,30)26(35)38-6/h7-12,21,23,32H,13-15,30H2,1-6H3/t21-,23-,28-/m1/s1. The largest absolute Gasteiger partial charge is 0.493 e. The number of carbonyl (C=O) groups is 3. The van der Waals surface area contributed by atoms with Crippen molar-refractivity contribution < 1.29 is 38.4 Å². The number of anilines is 1. The van der Waals surface area contributed by atoms with E-state index in [9.17, 15) is 19.5 Å². The summed E-state index contributed by atoms with van der Waals surface area (Å²) < 4.78 is 22.2. The molecule has 212 valence electrons. The highest BCUT2D eigenvalue weighted by atomic mass is 35.5. The lowest BCUT2D eigenvalue weighted by Gasteiger charge is -2.33. The lowest BCUT2D eigenvalue weighted by atomic mass is 9.91. The van der Waals surface area contributed by atoms with Crippen molar-refractivity contribution in [1.82, 2.24) is 0 Å². The molecule has 3 N–H and O–H groups in total. The van der Waals surface area contributed by atoms with Gasteiger partial charge in [0.2, 0.25) is 0 Å². The molecule has 0 aromatic heterocycles. The van der Waals surface area contributed by atoms with E-state index >= 15 is 0 Å². The van der Waals surface area contributed by atoms with E-state index in [0.717, 1.165) is 7.11 Å². The number of hydrogen-bond donors (Lipinski definition) is 2. The van der Waals surface area contributed by atoms with Gasteiger partial charge in [-0.05, 0) is 31.2 Å². The molecule has 10 nitrogen and oxygen atoms in total. The van der Waals surface area contributed by atoms with E-state index in [-0.39, 0.29) is 13.2 Å². The third-order valence-corrected chi connectivity index (χ3v) is 6.93. The Morgan fingerprint density at radius 1 is 1.10 bits per heavy atom.